The molecule has 4 aromatic rings. The number of carbonyl (C=O) groups is 3. The maximum absolute atomic E-state index is 13.1. The van der Waals surface area contributed by atoms with E-state index in [0.29, 0.717) is 101 Å². The second-order valence-corrected chi connectivity index (χ2v) is 29.7. The van der Waals surface area contributed by atoms with Crippen molar-refractivity contribution in [2.24, 2.45) is 0 Å². The second-order valence-electron chi connectivity index (χ2n) is 22.1. The number of rotatable bonds is 28. The number of hydroxylamine groups is 2. The Labute approximate surface area is 520 Å². The molecule has 1 unspecified atom stereocenters. The zero-order valence-corrected chi connectivity index (χ0v) is 53.5. The minimum Gasteiger partial charge on any atom is -0.382 e. The van der Waals surface area contributed by atoms with Crippen LogP contribution in [-0.2, 0) is 99.6 Å². The molecular weight excluding hydrogens is 1290 g/mol. The van der Waals surface area contributed by atoms with Gasteiger partial charge >= 0.3 is 5.97 Å². The molecule has 89 heavy (non-hydrogen) atoms. The molecule has 1 aliphatic carbocycles. The molecule has 8 rings (SSSR count). The second kappa shape index (κ2) is 27.1. The van der Waals surface area contributed by atoms with E-state index in [1.54, 1.807) is 68.9 Å². The molecule has 5 N–H and O–H groups in total. The highest BCUT2D eigenvalue weighted by molar-refractivity contribution is 7.87. The Morgan fingerprint density at radius 1 is 0.652 bits per heavy atom. The highest BCUT2D eigenvalue weighted by atomic mass is 35.5. The van der Waals surface area contributed by atoms with Crippen molar-refractivity contribution < 1.29 is 108 Å². The summed E-state index contributed by atoms with van der Waals surface area (Å²) in [5, 5.41) is 0.519. The number of imide groups is 1. The van der Waals surface area contributed by atoms with Crippen LogP contribution in [0.3, 0.4) is 0 Å². The van der Waals surface area contributed by atoms with E-state index in [1.165, 1.54) is 12.1 Å². The number of halogens is 1. The molecule has 3 aliphatic heterocycles. The predicted molar refractivity (Wildman–Crippen MR) is 323 cm³/mol. The van der Waals surface area contributed by atoms with Crippen LogP contribution in [0.25, 0.3) is 21.5 Å². The van der Waals surface area contributed by atoms with Gasteiger partial charge in [0, 0.05) is 83.2 Å². The van der Waals surface area contributed by atoms with Gasteiger partial charge in [-0.3, -0.25) is 32.4 Å². The fourth-order valence-electron chi connectivity index (χ4n) is 11.8. The Bertz CT molecular complexity index is 4280. The van der Waals surface area contributed by atoms with Crippen molar-refractivity contribution in [3.8, 4) is 0 Å². The van der Waals surface area contributed by atoms with Gasteiger partial charge in [-0.25, -0.2) is 4.79 Å². The van der Waals surface area contributed by atoms with Gasteiger partial charge in [0.1, 0.15) is 16.3 Å². The van der Waals surface area contributed by atoms with Crippen molar-refractivity contribution in [1.29, 1.82) is 0 Å². The number of hydrogen-bond donors (Lipinski definition) is 5. The number of anilines is 1. The number of benzene rings is 4. The van der Waals surface area contributed by atoms with Gasteiger partial charge in [-0.05, 0) is 123 Å². The summed E-state index contributed by atoms with van der Waals surface area (Å²) in [6.45, 7) is 7.11. The molecule has 32 heteroatoms. The van der Waals surface area contributed by atoms with Crippen LogP contribution in [0.5, 0.6) is 0 Å². The smallest absolute Gasteiger partial charge is 0.333 e. The number of fused-ring (bicyclic) bond motifs is 6. The summed E-state index contributed by atoms with van der Waals surface area (Å²) >= 11 is 7.37. The Hall–Kier alpha value is -5.88. The predicted octanol–water partition coefficient (Wildman–Crippen LogP) is 6.93. The van der Waals surface area contributed by atoms with Gasteiger partial charge < -0.3 is 28.7 Å². The van der Waals surface area contributed by atoms with E-state index in [-0.39, 0.29) is 105 Å². The fourth-order valence-corrected chi connectivity index (χ4v) is 15.3. The molecule has 0 radical (unpaired) electrons. The normalized spacial score (nSPS) is 19.3. The fraction of sp³-hybridized carbons (Fsp3) is 0.439. The van der Waals surface area contributed by atoms with Crippen molar-refractivity contribution in [2.75, 3.05) is 77.1 Å². The summed E-state index contributed by atoms with van der Waals surface area (Å²) in [5.41, 5.74) is 1.09. The molecule has 0 spiro atoms. The third-order valence-electron chi connectivity index (χ3n) is 15.8. The summed E-state index contributed by atoms with van der Waals surface area (Å²) in [6, 6.07) is 9.22. The van der Waals surface area contributed by atoms with Crippen LogP contribution in [0.1, 0.15) is 89.7 Å². The van der Waals surface area contributed by atoms with Crippen molar-refractivity contribution >= 4 is 119 Å². The molecule has 4 aromatic carbocycles. The van der Waals surface area contributed by atoms with Crippen LogP contribution in [0, 0.1) is 0 Å². The van der Waals surface area contributed by atoms with Gasteiger partial charge in [0.25, 0.3) is 62.4 Å². The van der Waals surface area contributed by atoms with E-state index in [9.17, 15) is 79.2 Å². The Balaban J connectivity index is 1.22. The standard InChI is InChI=1S/C57H66ClN3O23S5/c1-56(2)48(59(22-6-10-52(64)84-61-50(62)19-20-51(61)63)44-15-13-40-42(53(44)56)32-38(86(68,69)70)34-46(40)88(74,75)76)17-11-36-8-5-9-37(55(36)58)12-18-49-57(3,21-7-31-85(65,66)67)54-43-33-39(87(71,72)73)35-47(89(77,78)79)41(43)14-16-45(54)60(49)23-24-81-27-28-83-30-29-82-26-25-80-4/h11-18,32-35H,5-10,19-31H2,1-4H3,(H4-,65,66,67,68,69,70,71,72,73,74,75,76,77,78,79)/p+1. The highest BCUT2D eigenvalue weighted by Crippen LogP contribution is 2.54. The third-order valence-corrected chi connectivity index (χ3v) is 20.6. The molecular formula is C57H67ClN3O23S5+. The molecule has 0 saturated carbocycles. The minimum atomic E-state index is -5.16. The lowest BCUT2D eigenvalue weighted by Crippen LogP contribution is -2.32. The quantitative estimate of drug-likeness (QED) is 0.0166. The highest BCUT2D eigenvalue weighted by Gasteiger charge is 2.48. The van der Waals surface area contributed by atoms with Gasteiger partial charge in [-0.1, -0.05) is 29.8 Å². The molecule has 0 aromatic heterocycles. The molecule has 2 amide bonds. The first-order valence-electron chi connectivity index (χ1n) is 27.8. The molecule has 26 nitrogen and oxygen atoms in total. The first-order chi connectivity index (χ1) is 41.6. The Kier molecular flexibility index (Phi) is 21.0. The molecule has 0 bridgehead atoms. The summed E-state index contributed by atoms with van der Waals surface area (Å²) < 4.78 is 202. The topological polar surface area (TPSA) is 379 Å². The number of allylic oxidation sites excluding steroid dienone is 8. The number of nitrogens with zero attached hydrogens (tertiary/aromatic N) is 3. The number of ether oxygens (including phenoxy) is 4. The average Bonchev–Trinajstić information content (AvgIpc) is 1.62. The lowest BCUT2D eigenvalue weighted by Gasteiger charge is -2.31. The van der Waals surface area contributed by atoms with E-state index in [2.05, 4.69) is 0 Å². The Morgan fingerprint density at radius 3 is 1.75 bits per heavy atom. The van der Waals surface area contributed by atoms with Crippen molar-refractivity contribution in [1.82, 2.24) is 5.06 Å². The maximum Gasteiger partial charge on any atom is 0.333 e. The van der Waals surface area contributed by atoms with Crippen LogP contribution in [0.2, 0.25) is 0 Å². The Morgan fingerprint density at radius 2 is 1.20 bits per heavy atom. The van der Waals surface area contributed by atoms with Crippen molar-refractivity contribution in [3.63, 3.8) is 0 Å². The largest absolute Gasteiger partial charge is 0.382 e. The van der Waals surface area contributed by atoms with E-state index < -0.39 is 105 Å². The molecule has 4 aliphatic rings. The SMILES string of the molecule is COCCOCCOCCOCCN1/C(=C/C=C2\CCCC(/C=C/C3=[N+](CCCC(=O)ON4C(=O)CCC4=O)c4ccc5c(S(=O)(=O)O)cc(S(=O)(=O)O)cc5c4C3(C)C)=C2Cl)C(C)(CCCS(=O)(=O)O)c2c1ccc1c(S(=O)(=O)O)cc(S(=O)(=O)O)cc21. The minimum absolute atomic E-state index is 0.0324. The lowest BCUT2D eigenvalue weighted by molar-refractivity contribution is -0.438. The van der Waals surface area contributed by atoms with Crippen LogP contribution in [-0.4, -0.2) is 170 Å². The zero-order valence-electron chi connectivity index (χ0n) is 48.7. The van der Waals surface area contributed by atoms with Gasteiger partial charge in [-0.15, -0.1) is 5.06 Å². The molecule has 1 saturated heterocycles. The van der Waals surface area contributed by atoms with Crippen LogP contribution >= 0.6 is 11.6 Å². The van der Waals surface area contributed by atoms with Crippen molar-refractivity contribution in [3.05, 3.63) is 106 Å². The average molecular weight is 1360 g/mol. The first kappa shape index (κ1) is 69.0. The third kappa shape index (κ3) is 15.5. The first-order valence-corrected chi connectivity index (χ1v) is 35.6. The van der Waals surface area contributed by atoms with Crippen LogP contribution in [0.15, 0.2) is 114 Å². The monoisotopic (exact) mass is 1360 g/mol. The number of methoxy groups -OCH3 is 1. The number of amides is 2. The van der Waals surface area contributed by atoms with Gasteiger partial charge in [0.2, 0.25) is 5.69 Å². The maximum atomic E-state index is 13.1. The number of carbonyl (C=O) groups excluding carboxylic acids is 3. The molecule has 3 heterocycles. The van der Waals surface area contributed by atoms with E-state index in [1.807, 2.05) is 4.90 Å². The zero-order chi connectivity index (χ0) is 65.2. The van der Waals surface area contributed by atoms with E-state index in [4.69, 9.17) is 35.4 Å². The summed E-state index contributed by atoms with van der Waals surface area (Å²) in [7, 11) is -23.5. The lowest BCUT2D eigenvalue weighted by atomic mass is 9.75. The van der Waals surface area contributed by atoms with Gasteiger partial charge in [-0.2, -0.15) is 46.7 Å². The van der Waals surface area contributed by atoms with Gasteiger partial charge in [0.05, 0.1) is 73.6 Å². The summed E-state index contributed by atoms with van der Waals surface area (Å²) in [4.78, 5) is 41.1. The number of hydrogen-bond acceptors (Lipinski definition) is 19. The summed E-state index contributed by atoms with van der Waals surface area (Å²) in [5.74, 6) is -2.94. The summed E-state index contributed by atoms with van der Waals surface area (Å²) in [6.07, 6.45) is 7.59. The van der Waals surface area contributed by atoms with Gasteiger partial charge in [0.15, 0.2) is 5.71 Å². The van der Waals surface area contributed by atoms with Crippen molar-refractivity contribution in [2.45, 2.75) is 109 Å². The molecule has 484 valence electrons. The molecule has 1 fully saturated rings. The molecule has 1 atom stereocenters. The van der Waals surface area contributed by atoms with E-state index in [0.717, 1.165) is 12.1 Å². The van der Waals surface area contributed by atoms with E-state index >= 15 is 0 Å². The van der Waals surface area contributed by atoms with Crippen LogP contribution in [0.4, 0.5) is 11.4 Å². The van der Waals surface area contributed by atoms with Crippen LogP contribution < -0.4 is 4.90 Å².